The van der Waals surface area contributed by atoms with Crippen LogP contribution in [0.25, 0.3) is 0 Å². The van der Waals surface area contributed by atoms with E-state index in [0.717, 1.165) is 0 Å². The van der Waals surface area contributed by atoms with Gasteiger partial charge in [0.1, 0.15) is 0 Å². The molecule has 0 fully saturated rings. The van der Waals surface area contributed by atoms with E-state index in [0.29, 0.717) is 11.8 Å². The topological polar surface area (TPSA) is 0 Å². The van der Waals surface area contributed by atoms with Crippen LogP contribution in [-0.2, 0) is 17.1 Å². The second kappa shape index (κ2) is 8.33. The van der Waals surface area contributed by atoms with Crippen molar-refractivity contribution in [1.29, 1.82) is 0 Å². The molecule has 2 rings (SSSR count). The van der Waals surface area contributed by atoms with E-state index >= 15 is 0 Å². The van der Waals surface area contributed by atoms with E-state index in [1.165, 1.54) is 11.1 Å². The molecule has 0 aliphatic rings. The Balaban J connectivity index is 0.000000360. The molecule has 0 saturated heterocycles. The maximum Gasteiger partial charge on any atom is 0 e. The van der Waals surface area contributed by atoms with E-state index in [1.807, 2.05) is 30.3 Å². The first-order valence-corrected chi connectivity index (χ1v) is 6.05. The van der Waals surface area contributed by atoms with Gasteiger partial charge in [0.25, 0.3) is 0 Å². The fourth-order valence-corrected chi connectivity index (χ4v) is 1.82. The van der Waals surface area contributed by atoms with Crippen LogP contribution in [0, 0.1) is 0 Å². The molecule has 0 heterocycles. The van der Waals surface area contributed by atoms with Gasteiger partial charge in [-0.05, 0) is 5.92 Å². The molecule has 0 aliphatic carbocycles. The molecule has 100 valence electrons. The summed E-state index contributed by atoms with van der Waals surface area (Å²) >= 11 is 0. The van der Waals surface area contributed by atoms with E-state index in [2.05, 4.69) is 45.9 Å². The minimum atomic E-state index is 0. The first-order chi connectivity index (χ1) is 7.63. The van der Waals surface area contributed by atoms with Gasteiger partial charge in [-0.2, -0.15) is 17.2 Å². The molecule has 0 amide bonds. The van der Waals surface area contributed by atoms with Crippen molar-refractivity contribution in [1.82, 2.24) is 0 Å². The summed E-state index contributed by atoms with van der Waals surface area (Å²) in [7, 11) is 0. The van der Waals surface area contributed by atoms with Crippen LogP contribution >= 0.6 is 0 Å². The normalized spacial score (nSPS) is 9.76. The predicted molar refractivity (Wildman–Crippen MR) is 72.2 cm³/mol. The van der Waals surface area contributed by atoms with Gasteiger partial charge >= 0.3 is 0 Å². The average Bonchev–Trinajstić information content (AvgIpc) is 2.92. The molecular formula is C16H22Fe-6. The number of hydrogen-bond acceptors (Lipinski definition) is 0. The predicted octanol–water partition coefficient (Wildman–Crippen LogP) is 5.06. The third-order valence-electron chi connectivity index (χ3n) is 2.68. The first kappa shape index (κ1) is 16.2. The van der Waals surface area contributed by atoms with Gasteiger partial charge in [-0.15, -0.1) is 0 Å². The maximum atomic E-state index is 2.25. The van der Waals surface area contributed by atoms with Crippen LogP contribution in [0.1, 0.15) is 50.7 Å². The average molecular weight is 270 g/mol. The minimum absolute atomic E-state index is 0. The van der Waals surface area contributed by atoms with Crippen molar-refractivity contribution in [2.75, 3.05) is 0 Å². The Bertz CT molecular complexity index is 326. The zero-order valence-corrected chi connectivity index (χ0v) is 12.2. The number of rotatable bonds is 2. The summed E-state index contributed by atoms with van der Waals surface area (Å²) in [6.45, 7) is 9.00. The molecule has 0 aliphatic heterocycles. The molecule has 0 N–H and O–H groups in total. The van der Waals surface area contributed by atoms with Crippen LogP contribution in [0.4, 0.5) is 0 Å². The van der Waals surface area contributed by atoms with Crippen LogP contribution in [-0.4, -0.2) is 0 Å². The van der Waals surface area contributed by atoms with Gasteiger partial charge in [-0.25, -0.2) is 12.1 Å². The molecule has 0 radical (unpaired) electrons. The van der Waals surface area contributed by atoms with Crippen LogP contribution < -0.4 is 0 Å². The Kier molecular flexibility index (Phi) is 7.95. The van der Waals surface area contributed by atoms with Crippen molar-refractivity contribution in [3.05, 3.63) is 59.7 Å². The van der Waals surface area contributed by atoms with Gasteiger partial charge in [0, 0.05) is 17.1 Å². The third kappa shape index (κ3) is 5.39. The van der Waals surface area contributed by atoms with Crippen molar-refractivity contribution >= 4 is 0 Å². The Labute approximate surface area is 116 Å². The zero-order valence-electron chi connectivity index (χ0n) is 11.1. The Morgan fingerprint density at radius 3 is 1.71 bits per heavy atom. The van der Waals surface area contributed by atoms with Crippen LogP contribution in [0.15, 0.2) is 48.5 Å². The summed E-state index contributed by atoms with van der Waals surface area (Å²) < 4.78 is 0. The summed E-state index contributed by atoms with van der Waals surface area (Å²) in [5, 5.41) is 0. The smallest absolute Gasteiger partial charge is 0 e. The minimum Gasteiger partial charge on any atom is -0.748 e. The monoisotopic (exact) mass is 270 g/mol. The van der Waals surface area contributed by atoms with Gasteiger partial charge in [0.05, 0.1) is 0 Å². The van der Waals surface area contributed by atoms with Crippen LogP contribution in [0.5, 0.6) is 0 Å². The summed E-state index contributed by atoms with van der Waals surface area (Å²) in [5.74, 6) is 1.34. The number of hydrogen-bond donors (Lipinski definition) is 0. The molecule has 0 aromatic heterocycles. The van der Waals surface area contributed by atoms with Gasteiger partial charge in [0.15, 0.2) is 0 Å². The molecule has 0 spiro atoms. The van der Waals surface area contributed by atoms with E-state index in [4.69, 9.17) is 0 Å². The second-order valence-corrected chi connectivity index (χ2v) is 4.71. The fourth-order valence-electron chi connectivity index (χ4n) is 1.82. The van der Waals surface area contributed by atoms with Gasteiger partial charge in [0.2, 0.25) is 0 Å². The van der Waals surface area contributed by atoms with Gasteiger partial charge < -0.3 is 30.3 Å². The first-order valence-electron chi connectivity index (χ1n) is 6.05. The third-order valence-corrected chi connectivity index (χ3v) is 2.68. The van der Waals surface area contributed by atoms with Crippen molar-refractivity contribution in [2.45, 2.75) is 39.5 Å². The summed E-state index contributed by atoms with van der Waals surface area (Å²) in [6, 6.07) is 16.6. The van der Waals surface area contributed by atoms with Crippen molar-refractivity contribution in [3.8, 4) is 0 Å². The summed E-state index contributed by atoms with van der Waals surface area (Å²) in [5.41, 5.74) is 3.03. The Morgan fingerprint density at radius 1 is 0.941 bits per heavy atom. The molecule has 0 atom stereocenters. The van der Waals surface area contributed by atoms with Crippen molar-refractivity contribution in [3.63, 3.8) is 0 Å². The summed E-state index contributed by atoms with van der Waals surface area (Å²) in [4.78, 5) is 0. The van der Waals surface area contributed by atoms with Crippen molar-refractivity contribution < 1.29 is 17.1 Å². The molecule has 0 nitrogen and oxygen atoms in total. The molecule has 0 unspecified atom stereocenters. The quantitative estimate of drug-likeness (QED) is 0.528. The largest absolute Gasteiger partial charge is 0.748 e. The second-order valence-electron chi connectivity index (χ2n) is 4.71. The van der Waals surface area contributed by atoms with Crippen LogP contribution in [0.2, 0.25) is 0 Å². The molecule has 17 heavy (non-hydrogen) atoms. The van der Waals surface area contributed by atoms with E-state index in [9.17, 15) is 0 Å². The Hall–Kier alpha value is -0.781. The molecule has 1 heteroatoms. The van der Waals surface area contributed by atoms with Gasteiger partial charge in [-0.3, -0.25) is 0 Å². The molecule has 0 bridgehead atoms. The SMILES string of the molecule is CC(C)c1ccc[c-]1C(C)C.[Fe].[cH-]1[cH-][cH-][cH-][cH-]1. The standard InChI is InChI=1S/C11H17.C5H5.Fe/c1-8(2)10-6-5-7-11(10)9(3)4;1-2-4-5-3-1;/h5-9H,1-4H3;1-5H;/q-1;-5;. The van der Waals surface area contributed by atoms with Crippen molar-refractivity contribution in [2.24, 2.45) is 0 Å². The molecule has 2 aromatic carbocycles. The zero-order chi connectivity index (χ0) is 12.0. The van der Waals surface area contributed by atoms with E-state index in [1.54, 1.807) is 0 Å². The molecular weight excluding hydrogens is 248 g/mol. The Morgan fingerprint density at radius 2 is 1.41 bits per heavy atom. The van der Waals surface area contributed by atoms with Gasteiger partial charge in [-0.1, -0.05) is 33.6 Å². The van der Waals surface area contributed by atoms with Crippen LogP contribution in [0.3, 0.4) is 0 Å². The molecule has 2 aromatic rings. The van der Waals surface area contributed by atoms with E-state index < -0.39 is 0 Å². The van der Waals surface area contributed by atoms with E-state index in [-0.39, 0.29) is 17.1 Å². The molecule has 0 saturated carbocycles. The maximum absolute atomic E-state index is 2.25. The summed E-state index contributed by atoms with van der Waals surface area (Å²) in [6.07, 6.45) is 0. The fraction of sp³-hybridized carbons (Fsp3) is 0.375.